The van der Waals surface area contributed by atoms with Gasteiger partial charge in [-0.2, -0.15) is 0 Å². The summed E-state index contributed by atoms with van der Waals surface area (Å²) in [5.74, 6) is 0.495. The van der Waals surface area contributed by atoms with Crippen molar-refractivity contribution in [2.24, 2.45) is 0 Å². The number of carbonyl (C=O) groups is 1. The molecule has 2 rings (SSSR count). The Hall–Kier alpha value is -2.74. The second-order valence-corrected chi connectivity index (χ2v) is 8.17. The molecule has 152 valence electrons. The first-order chi connectivity index (χ1) is 13.2. The van der Waals surface area contributed by atoms with E-state index in [2.05, 4.69) is 5.32 Å². The molecule has 0 saturated heterocycles. The van der Waals surface area contributed by atoms with E-state index >= 15 is 0 Å². The van der Waals surface area contributed by atoms with Gasteiger partial charge >= 0.3 is 0 Å². The third-order valence-corrected chi connectivity index (χ3v) is 5.59. The number of hydrogen-bond donors (Lipinski definition) is 1. The topological polar surface area (TPSA) is 84.9 Å². The second-order valence-electron chi connectivity index (χ2n) is 6.31. The number of amides is 1. The minimum Gasteiger partial charge on any atom is -0.497 e. The summed E-state index contributed by atoms with van der Waals surface area (Å²) < 4.78 is 36.4. The zero-order valence-electron chi connectivity index (χ0n) is 16.7. The summed E-state index contributed by atoms with van der Waals surface area (Å²) in [5, 5.41) is 2.73. The quantitative estimate of drug-likeness (QED) is 0.728. The van der Waals surface area contributed by atoms with Crippen LogP contribution in [-0.4, -0.2) is 40.8 Å². The van der Waals surface area contributed by atoms with E-state index in [0.717, 1.165) is 22.5 Å². The molecule has 0 aromatic heterocycles. The van der Waals surface area contributed by atoms with E-state index in [1.165, 1.54) is 21.1 Å². The Kier molecular flexibility index (Phi) is 6.90. The molecule has 2 aromatic carbocycles. The van der Waals surface area contributed by atoms with Crippen molar-refractivity contribution in [2.75, 3.05) is 30.1 Å². The summed E-state index contributed by atoms with van der Waals surface area (Å²) in [4.78, 5) is 12.9. The van der Waals surface area contributed by atoms with Crippen molar-refractivity contribution in [1.29, 1.82) is 0 Å². The molecule has 0 spiro atoms. The Bertz CT molecular complexity index is 926. The first-order valence-electron chi connectivity index (χ1n) is 8.82. The lowest BCUT2D eigenvalue weighted by Crippen LogP contribution is -2.45. The first kappa shape index (κ1) is 21.6. The first-order valence-corrected chi connectivity index (χ1v) is 10.7. The molecule has 0 fully saturated rings. The van der Waals surface area contributed by atoms with Gasteiger partial charge in [-0.25, -0.2) is 8.42 Å². The van der Waals surface area contributed by atoms with Gasteiger partial charge in [0.15, 0.2) is 0 Å². The largest absolute Gasteiger partial charge is 0.497 e. The van der Waals surface area contributed by atoms with Crippen LogP contribution in [0, 0.1) is 0 Å². The molecule has 0 aliphatic heterocycles. The minimum atomic E-state index is -3.69. The SMILES string of the molecule is CCc1ccc(N([C@@H](C)C(=O)Nc2cc(OC)ccc2OC)S(C)(=O)=O)cc1. The monoisotopic (exact) mass is 406 g/mol. The summed E-state index contributed by atoms with van der Waals surface area (Å²) in [6.45, 7) is 3.55. The smallest absolute Gasteiger partial charge is 0.248 e. The fourth-order valence-electron chi connectivity index (χ4n) is 2.84. The fourth-order valence-corrected chi connectivity index (χ4v) is 4.01. The Morgan fingerprint density at radius 2 is 1.75 bits per heavy atom. The molecular formula is C20H26N2O5S. The van der Waals surface area contributed by atoms with Crippen LogP contribution in [0.3, 0.4) is 0 Å². The van der Waals surface area contributed by atoms with Crippen LogP contribution in [-0.2, 0) is 21.2 Å². The van der Waals surface area contributed by atoms with Crippen molar-refractivity contribution >= 4 is 27.3 Å². The molecule has 1 atom stereocenters. The molecule has 0 saturated carbocycles. The molecular weight excluding hydrogens is 380 g/mol. The Labute approximate surface area is 166 Å². The lowest BCUT2D eigenvalue weighted by atomic mass is 10.1. The average molecular weight is 407 g/mol. The van der Waals surface area contributed by atoms with Gasteiger partial charge in [-0.3, -0.25) is 9.10 Å². The molecule has 2 aromatic rings. The van der Waals surface area contributed by atoms with Crippen LogP contribution in [0.1, 0.15) is 19.4 Å². The molecule has 0 bridgehead atoms. The zero-order valence-corrected chi connectivity index (χ0v) is 17.5. The Morgan fingerprint density at radius 3 is 2.25 bits per heavy atom. The van der Waals surface area contributed by atoms with Gasteiger partial charge in [-0.1, -0.05) is 19.1 Å². The van der Waals surface area contributed by atoms with Crippen LogP contribution >= 0.6 is 0 Å². The summed E-state index contributed by atoms with van der Waals surface area (Å²) >= 11 is 0. The summed E-state index contributed by atoms with van der Waals surface area (Å²) in [6.07, 6.45) is 1.92. The van der Waals surface area contributed by atoms with Gasteiger partial charge in [0.05, 0.1) is 31.9 Å². The molecule has 0 aliphatic carbocycles. The number of rotatable bonds is 8. The molecule has 7 nitrogen and oxygen atoms in total. The number of sulfonamides is 1. The van der Waals surface area contributed by atoms with Gasteiger partial charge in [-0.05, 0) is 43.2 Å². The number of nitrogens with zero attached hydrogens (tertiary/aromatic N) is 1. The summed E-state index contributed by atoms with van der Waals surface area (Å²) in [7, 11) is -0.686. The van der Waals surface area contributed by atoms with E-state index in [1.54, 1.807) is 30.3 Å². The van der Waals surface area contributed by atoms with Crippen molar-refractivity contribution in [2.45, 2.75) is 26.3 Å². The highest BCUT2D eigenvalue weighted by molar-refractivity contribution is 7.92. The van der Waals surface area contributed by atoms with E-state index < -0.39 is 22.0 Å². The summed E-state index contributed by atoms with van der Waals surface area (Å²) in [5.41, 5.74) is 1.91. The van der Waals surface area contributed by atoms with Gasteiger partial charge in [0.2, 0.25) is 15.9 Å². The second kappa shape index (κ2) is 8.97. The molecule has 0 heterocycles. The molecule has 8 heteroatoms. The standard InChI is InChI=1S/C20H26N2O5S/c1-6-15-7-9-16(10-8-15)22(28(5,24)25)14(2)20(23)21-18-13-17(26-3)11-12-19(18)27-4/h7-14H,6H2,1-5H3,(H,21,23)/t14-/m0/s1. The third-order valence-electron chi connectivity index (χ3n) is 4.35. The van der Waals surface area contributed by atoms with Crippen LogP contribution in [0.25, 0.3) is 0 Å². The average Bonchev–Trinajstić information content (AvgIpc) is 2.67. The predicted molar refractivity (Wildman–Crippen MR) is 111 cm³/mol. The normalized spacial score (nSPS) is 12.2. The highest BCUT2D eigenvalue weighted by Crippen LogP contribution is 2.30. The van der Waals surface area contributed by atoms with E-state index in [-0.39, 0.29) is 0 Å². The maximum atomic E-state index is 12.9. The van der Waals surface area contributed by atoms with E-state index in [4.69, 9.17) is 9.47 Å². The van der Waals surface area contributed by atoms with Crippen LogP contribution in [0.5, 0.6) is 11.5 Å². The number of anilines is 2. The van der Waals surface area contributed by atoms with Crippen molar-refractivity contribution in [3.8, 4) is 11.5 Å². The third kappa shape index (κ3) is 4.95. The van der Waals surface area contributed by atoms with E-state index in [0.29, 0.717) is 22.9 Å². The van der Waals surface area contributed by atoms with Crippen LogP contribution in [0.4, 0.5) is 11.4 Å². The lowest BCUT2D eigenvalue weighted by Gasteiger charge is -2.28. The van der Waals surface area contributed by atoms with Crippen molar-refractivity contribution in [3.05, 3.63) is 48.0 Å². The molecule has 1 N–H and O–H groups in total. The number of hydrogen-bond acceptors (Lipinski definition) is 5. The zero-order chi connectivity index (χ0) is 20.9. The van der Waals surface area contributed by atoms with Crippen molar-refractivity contribution in [3.63, 3.8) is 0 Å². The Morgan fingerprint density at radius 1 is 1.11 bits per heavy atom. The fraction of sp³-hybridized carbons (Fsp3) is 0.350. The molecule has 0 aliphatic rings. The number of aryl methyl sites for hydroxylation is 1. The van der Waals surface area contributed by atoms with Crippen molar-refractivity contribution < 1.29 is 22.7 Å². The van der Waals surface area contributed by atoms with Crippen LogP contribution in [0.2, 0.25) is 0 Å². The highest BCUT2D eigenvalue weighted by atomic mass is 32.2. The highest BCUT2D eigenvalue weighted by Gasteiger charge is 2.29. The number of nitrogens with one attached hydrogen (secondary N) is 1. The van der Waals surface area contributed by atoms with Crippen molar-refractivity contribution in [1.82, 2.24) is 0 Å². The van der Waals surface area contributed by atoms with Gasteiger partial charge in [0.1, 0.15) is 17.5 Å². The number of ether oxygens (including phenoxy) is 2. The predicted octanol–water partition coefficient (Wildman–Crippen LogP) is 3.06. The molecule has 0 radical (unpaired) electrons. The summed E-state index contributed by atoms with van der Waals surface area (Å²) in [6, 6.07) is 11.1. The number of benzene rings is 2. The van der Waals surface area contributed by atoms with E-state index in [1.807, 2.05) is 19.1 Å². The van der Waals surface area contributed by atoms with Crippen LogP contribution in [0.15, 0.2) is 42.5 Å². The number of carbonyl (C=O) groups excluding carboxylic acids is 1. The molecule has 28 heavy (non-hydrogen) atoms. The number of methoxy groups -OCH3 is 2. The minimum absolute atomic E-state index is 0.397. The van der Waals surface area contributed by atoms with Gasteiger partial charge in [0, 0.05) is 6.07 Å². The molecule has 0 unspecified atom stereocenters. The maximum Gasteiger partial charge on any atom is 0.248 e. The van der Waals surface area contributed by atoms with E-state index in [9.17, 15) is 13.2 Å². The lowest BCUT2D eigenvalue weighted by molar-refractivity contribution is -0.116. The maximum absolute atomic E-state index is 12.9. The Balaban J connectivity index is 2.34. The van der Waals surface area contributed by atoms with Gasteiger partial charge in [-0.15, -0.1) is 0 Å². The van der Waals surface area contributed by atoms with Gasteiger partial charge < -0.3 is 14.8 Å². The van der Waals surface area contributed by atoms with Crippen LogP contribution < -0.4 is 19.1 Å². The van der Waals surface area contributed by atoms with Gasteiger partial charge in [0.25, 0.3) is 0 Å². The molecule has 1 amide bonds.